The molecule has 0 aliphatic rings. The Morgan fingerprint density at radius 1 is 1.07 bits per heavy atom. The smallest absolute Gasteiger partial charge is 0.270 e. The molecule has 0 spiro atoms. The van der Waals surface area contributed by atoms with Crippen LogP contribution in [-0.2, 0) is 0 Å². The third kappa shape index (κ3) is 4.47. The lowest BCUT2D eigenvalue weighted by molar-refractivity contribution is -0.384. The lowest BCUT2D eigenvalue weighted by Crippen LogP contribution is -2.13. The Kier molecular flexibility index (Phi) is 5.90. The fourth-order valence-corrected chi connectivity index (χ4v) is 3.39. The molecule has 0 heterocycles. The van der Waals surface area contributed by atoms with E-state index in [2.05, 4.69) is 5.32 Å². The molecule has 0 saturated heterocycles. The van der Waals surface area contributed by atoms with Crippen LogP contribution in [0, 0.1) is 15.9 Å². The molecule has 28 heavy (non-hydrogen) atoms. The Labute approximate surface area is 164 Å². The second-order valence-electron chi connectivity index (χ2n) is 5.66. The molecule has 0 fully saturated rings. The van der Waals surface area contributed by atoms with E-state index >= 15 is 0 Å². The maximum absolute atomic E-state index is 14.0. The standard InChI is InChI=1S/C20H15FN2O4S/c1-27-15-6-4-5-13(11-15)22-20(24)16-12-14(23(25)26)9-10-18(16)28-19-8-3-2-7-17(19)21/h2-12H,1H3,(H,22,24). The number of amides is 1. The van der Waals surface area contributed by atoms with E-state index in [1.807, 2.05) is 0 Å². The van der Waals surface area contributed by atoms with E-state index < -0.39 is 16.6 Å². The topological polar surface area (TPSA) is 81.5 Å². The number of methoxy groups -OCH3 is 1. The molecule has 3 aromatic rings. The molecule has 0 aromatic heterocycles. The third-order valence-electron chi connectivity index (χ3n) is 3.80. The molecule has 0 bridgehead atoms. The highest BCUT2D eigenvalue weighted by molar-refractivity contribution is 7.99. The van der Waals surface area contributed by atoms with E-state index in [1.54, 1.807) is 42.5 Å². The molecule has 1 N–H and O–H groups in total. The monoisotopic (exact) mass is 398 g/mol. The molecule has 0 aliphatic heterocycles. The summed E-state index contributed by atoms with van der Waals surface area (Å²) in [5.74, 6) is -0.432. The number of carbonyl (C=O) groups is 1. The maximum Gasteiger partial charge on any atom is 0.270 e. The van der Waals surface area contributed by atoms with Gasteiger partial charge in [-0.25, -0.2) is 4.39 Å². The number of hydrogen-bond acceptors (Lipinski definition) is 5. The average Bonchev–Trinajstić information content (AvgIpc) is 2.70. The van der Waals surface area contributed by atoms with Crippen LogP contribution in [0.15, 0.2) is 76.5 Å². The number of rotatable bonds is 6. The summed E-state index contributed by atoms with van der Waals surface area (Å²) in [5, 5.41) is 13.8. The number of ether oxygens (including phenoxy) is 1. The first kappa shape index (κ1) is 19.4. The molecule has 0 saturated carbocycles. The quantitative estimate of drug-likeness (QED) is 0.459. The van der Waals surface area contributed by atoms with E-state index in [0.717, 1.165) is 11.8 Å². The Hall–Kier alpha value is -3.39. The number of non-ortho nitro benzene ring substituents is 1. The Bertz CT molecular complexity index is 1040. The summed E-state index contributed by atoms with van der Waals surface area (Å²) in [6.45, 7) is 0. The number of nitrogens with zero attached hydrogens (tertiary/aromatic N) is 1. The van der Waals surface area contributed by atoms with Crippen molar-refractivity contribution in [2.45, 2.75) is 9.79 Å². The fraction of sp³-hybridized carbons (Fsp3) is 0.0500. The summed E-state index contributed by atoms with van der Waals surface area (Å²) in [5.41, 5.74) is 0.316. The van der Waals surface area contributed by atoms with Crippen molar-refractivity contribution in [2.75, 3.05) is 12.4 Å². The Balaban J connectivity index is 1.96. The van der Waals surface area contributed by atoms with Crippen molar-refractivity contribution in [1.29, 1.82) is 0 Å². The summed E-state index contributed by atoms with van der Waals surface area (Å²) >= 11 is 1.02. The predicted octanol–water partition coefficient (Wildman–Crippen LogP) is 5.15. The molecule has 0 atom stereocenters. The van der Waals surface area contributed by atoms with E-state index in [-0.39, 0.29) is 11.3 Å². The highest BCUT2D eigenvalue weighted by atomic mass is 32.2. The van der Waals surface area contributed by atoms with Gasteiger partial charge in [-0.3, -0.25) is 14.9 Å². The Morgan fingerprint density at radius 2 is 1.86 bits per heavy atom. The number of carbonyl (C=O) groups excluding carboxylic acids is 1. The summed E-state index contributed by atoms with van der Waals surface area (Å²) in [6, 6.07) is 16.7. The van der Waals surface area contributed by atoms with Crippen LogP contribution in [-0.4, -0.2) is 17.9 Å². The van der Waals surface area contributed by atoms with Gasteiger partial charge < -0.3 is 10.1 Å². The average molecular weight is 398 g/mol. The summed E-state index contributed by atoms with van der Waals surface area (Å²) in [6.07, 6.45) is 0. The number of nitro benzene ring substituents is 1. The van der Waals surface area contributed by atoms with Gasteiger partial charge in [-0.05, 0) is 30.3 Å². The van der Waals surface area contributed by atoms with Crippen molar-refractivity contribution in [3.05, 3.63) is 88.2 Å². The minimum Gasteiger partial charge on any atom is -0.497 e. The van der Waals surface area contributed by atoms with Crippen molar-refractivity contribution >= 4 is 29.0 Å². The highest BCUT2D eigenvalue weighted by Crippen LogP contribution is 2.34. The number of halogens is 1. The molecule has 1 amide bonds. The summed E-state index contributed by atoms with van der Waals surface area (Å²) < 4.78 is 19.1. The lowest BCUT2D eigenvalue weighted by Gasteiger charge is -2.11. The molecular formula is C20H15FN2O4S. The number of benzene rings is 3. The van der Waals surface area contributed by atoms with Gasteiger partial charge in [-0.15, -0.1) is 0 Å². The van der Waals surface area contributed by atoms with Crippen LogP contribution in [0.5, 0.6) is 5.75 Å². The van der Waals surface area contributed by atoms with Crippen LogP contribution in [0.1, 0.15) is 10.4 Å². The van der Waals surface area contributed by atoms with Crippen molar-refractivity contribution in [1.82, 2.24) is 0 Å². The van der Waals surface area contributed by atoms with Crippen LogP contribution >= 0.6 is 11.8 Å². The first-order valence-electron chi connectivity index (χ1n) is 8.14. The molecule has 3 rings (SSSR count). The zero-order chi connectivity index (χ0) is 20.1. The summed E-state index contributed by atoms with van der Waals surface area (Å²) in [7, 11) is 1.50. The predicted molar refractivity (Wildman–Crippen MR) is 105 cm³/mol. The van der Waals surface area contributed by atoms with Gasteiger partial charge in [0.15, 0.2) is 0 Å². The Morgan fingerprint density at radius 3 is 2.57 bits per heavy atom. The minimum atomic E-state index is -0.583. The van der Waals surface area contributed by atoms with Crippen molar-refractivity contribution < 1.29 is 18.8 Å². The van der Waals surface area contributed by atoms with Crippen LogP contribution < -0.4 is 10.1 Å². The van der Waals surface area contributed by atoms with Gasteiger partial charge in [-0.1, -0.05) is 30.0 Å². The third-order valence-corrected chi connectivity index (χ3v) is 4.93. The summed E-state index contributed by atoms with van der Waals surface area (Å²) in [4.78, 5) is 24.1. The zero-order valence-corrected chi connectivity index (χ0v) is 15.5. The maximum atomic E-state index is 14.0. The number of hydrogen-bond donors (Lipinski definition) is 1. The molecule has 6 nitrogen and oxygen atoms in total. The molecule has 0 unspecified atom stereocenters. The van der Waals surface area contributed by atoms with Gasteiger partial charge in [0.25, 0.3) is 11.6 Å². The normalized spacial score (nSPS) is 10.4. The molecule has 0 radical (unpaired) electrons. The van der Waals surface area contributed by atoms with Crippen molar-refractivity contribution in [3.8, 4) is 5.75 Å². The minimum absolute atomic E-state index is 0.0743. The van der Waals surface area contributed by atoms with Gasteiger partial charge in [0.1, 0.15) is 11.6 Å². The van der Waals surface area contributed by atoms with Crippen LogP contribution in [0.2, 0.25) is 0 Å². The van der Waals surface area contributed by atoms with Crippen LogP contribution in [0.3, 0.4) is 0 Å². The molecular weight excluding hydrogens is 383 g/mol. The largest absolute Gasteiger partial charge is 0.497 e. The molecule has 8 heteroatoms. The van der Waals surface area contributed by atoms with Gasteiger partial charge in [0.2, 0.25) is 0 Å². The zero-order valence-electron chi connectivity index (χ0n) is 14.7. The van der Waals surface area contributed by atoms with E-state index in [4.69, 9.17) is 4.74 Å². The van der Waals surface area contributed by atoms with Gasteiger partial charge in [-0.2, -0.15) is 0 Å². The SMILES string of the molecule is COc1cccc(NC(=O)c2cc([N+](=O)[O-])ccc2Sc2ccccc2F)c1. The molecule has 3 aromatic carbocycles. The number of nitrogens with one attached hydrogen (secondary N) is 1. The van der Waals surface area contributed by atoms with E-state index in [1.165, 1.54) is 31.4 Å². The van der Waals surface area contributed by atoms with Gasteiger partial charge in [0.05, 0.1) is 17.6 Å². The highest BCUT2D eigenvalue weighted by Gasteiger charge is 2.19. The molecule has 142 valence electrons. The fourth-order valence-electron chi connectivity index (χ4n) is 2.44. The van der Waals surface area contributed by atoms with Crippen LogP contribution in [0.25, 0.3) is 0 Å². The molecule has 0 aliphatic carbocycles. The lowest BCUT2D eigenvalue weighted by atomic mass is 10.1. The second-order valence-corrected chi connectivity index (χ2v) is 6.74. The second kappa shape index (κ2) is 8.53. The van der Waals surface area contributed by atoms with Crippen molar-refractivity contribution in [2.24, 2.45) is 0 Å². The number of anilines is 1. The van der Waals surface area contributed by atoms with E-state index in [9.17, 15) is 19.3 Å². The first-order chi connectivity index (χ1) is 13.5. The van der Waals surface area contributed by atoms with Crippen molar-refractivity contribution in [3.63, 3.8) is 0 Å². The first-order valence-corrected chi connectivity index (χ1v) is 8.96. The van der Waals surface area contributed by atoms with Crippen LogP contribution in [0.4, 0.5) is 15.8 Å². The van der Waals surface area contributed by atoms with Gasteiger partial charge in [0, 0.05) is 33.7 Å². The van der Waals surface area contributed by atoms with Gasteiger partial charge >= 0.3 is 0 Å². The number of nitro groups is 1. The van der Waals surface area contributed by atoms with E-state index in [0.29, 0.717) is 21.2 Å².